The third-order valence-electron chi connectivity index (χ3n) is 4.66. The monoisotopic (exact) mass is 324 g/mol. The summed E-state index contributed by atoms with van der Waals surface area (Å²) in [6.07, 6.45) is 5.08. The van der Waals surface area contributed by atoms with Gasteiger partial charge in [0.15, 0.2) is 0 Å². The van der Waals surface area contributed by atoms with Gasteiger partial charge < -0.3 is 5.73 Å². The van der Waals surface area contributed by atoms with E-state index in [4.69, 9.17) is 18.0 Å². The van der Waals surface area contributed by atoms with Crippen LogP contribution in [0.5, 0.6) is 0 Å². The lowest BCUT2D eigenvalue weighted by Gasteiger charge is -2.22. The molecule has 3 N–H and O–H groups in total. The molecular weight excluding hydrogens is 304 g/mol. The lowest BCUT2D eigenvalue weighted by Crippen LogP contribution is -2.38. The number of fused-ring (bicyclic) bond motifs is 2. The van der Waals surface area contributed by atoms with E-state index < -0.39 is 10.0 Å². The second-order valence-corrected chi connectivity index (χ2v) is 8.43. The summed E-state index contributed by atoms with van der Waals surface area (Å²) in [5, 5.41) is 0. The normalized spacial score (nSPS) is 27.9. The first-order valence-electron chi connectivity index (χ1n) is 7.33. The van der Waals surface area contributed by atoms with E-state index in [1.54, 1.807) is 24.3 Å². The van der Waals surface area contributed by atoms with Crippen molar-refractivity contribution >= 4 is 27.2 Å². The van der Waals surface area contributed by atoms with E-state index in [0.29, 0.717) is 22.2 Å². The predicted octanol–water partition coefficient (Wildman–Crippen LogP) is 1.98. The summed E-state index contributed by atoms with van der Waals surface area (Å²) in [5.74, 6) is 1.24. The molecular formula is C15H20N2O2S2. The van der Waals surface area contributed by atoms with Gasteiger partial charge in [0.25, 0.3) is 0 Å². The van der Waals surface area contributed by atoms with Gasteiger partial charge >= 0.3 is 0 Å². The number of rotatable bonds is 5. The van der Waals surface area contributed by atoms with Crippen LogP contribution in [0.2, 0.25) is 0 Å². The van der Waals surface area contributed by atoms with Crippen LogP contribution in [0.1, 0.15) is 31.2 Å². The third kappa shape index (κ3) is 3.27. The molecule has 2 bridgehead atoms. The second-order valence-electron chi connectivity index (χ2n) is 6.19. The minimum absolute atomic E-state index is 0.116. The number of nitrogens with two attached hydrogens (primary N) is 1. The van der Waals surface area contributed by atoms with E-state index in [0.717, 1.165) is 24.3 Å². The average Bonchev–Trinajstić information content (AvgIpc) is 3.00. The molecule has 114 valence electrons. The molecule has 0 saturated heterocycles. The van der Waals surface area contributed by atoms with Gasteiger partial charge in [-0.25, -0.2) is 13.1 Å². The van der Waals surface area contributed by atoms with Gasteiger partial charge in [0.05, 0.1) is 9.88 Å². The number of thiocarbonyl (C=S) groups is 1. The maximum atomic E-state index is 12.4. The number of nitrogens with one attached hydrogen (secondary N) is 1. The minimum atomic E-state index is -3.43. The lowest BCUT2D eigenvalue weighted by molar-refractivity contribution is 0.390. The molecule has 3 atom stereocenters. The van der Waals surface area contributed by atoms with Gasteiger partial charge in [0.1, 0.15) is 0 Å². The van der Waals surface area contributed by atoms with Crippen molar-refractivity contribution < 1.29 is 8.42 Å². The Bertz CT molecular complexity index is 640. The zero-order chi connectivity index (χ0) is 15.0. The van der Waals surface area contributed by atoms with Crippen molar-refractivity contribution in [2.24, 2.45) is 17.6 Å². The molecule has 3 rings (SSSR count). The molecule has 1 aromatic rings. The van der Waals surface area contributed by atoms with E-state index in [1.807, 2.05) is 0 Å². The number of benzene rings is 1. The Morgan fingerprint density at radius 3 is 2.48 bits per heavy atom. The van der Waals surface area contributed by atoms with E-state index >= 15 is 0 Å². The maximum Gasteiger partial charge on any atom is 0.240 e. The van der Waals surface area contributed by atoms with Crippen molar-refractivity contribution in [3.63, 3.8) is 0 Å². The molecule has 4 nitrogen and oxygen atoms in total. The van der Waals surface area contributed by atoms with Gasteiger partial charge in [-0.05, 0) is 48.8 Å². The number of hydrogen-bond acceptors (Lipinski definition) is 3. The van der Waals surface area contributed by atoms with Crippen LogP contribution in [0.4, 0.5) is 0 Å². The Labute approximate surface area is 131 Å². The fraction of sp³-hybridized carbons (Fsp3) is 0.533. The smallest absolute Gasteiger partial charge is 0.240 e. The molecule has 0 amide bonds. The molecule has 2 aliphatic rings. The van der Waals surface area contributed by atoms with Crippen LogP contribution in [-0.4, -0.2) is 19.4 Å². The Morgan fingerprint density at radius 2 is 1.95 bits per heavy atom. The highest BCUT2D eigenvalue weighted by Gasteiger charge is 2.41. The first kappa shape index (κ1) is 14.9. The van der Waals surface area contributed by atoms with Crippen molar-refractivity contribution in [3.8, 4) is 0 Å². The van der Waals surface area contributed by atoms with Crippen LogP contribution in [-0.2, 0) is 16.4 Å². The maximum absolute atomic E-state index is 12.4. The van der Waals surface area contributed by atoms with E-state index in [1.165, 1.54) is 12.8 Å². The van der Waals surface area contributed by atoms with Crippen molar-refractivity contribution in [1.29, 1.82) is 0 Å². The van der Waals surface area contributed by atoms with Gasteiger partial charge in [-0.1, -0.05) is 30.8 Å². The Hall–Kier alpha value is -0.980. The Kier molecular flexibility index (Phi) is 4.03. The lowest BCUT2D eigenvalue weighted by atomic mass is 9.96. The highest BCUT2D eigenvalue weighted by atomic mass is 32.2. The van der Waals surface area contributed by atoms with Crippen molar-refractivity contribution in [2.45, 2.75) is 43.0 Å². The van der Waals surface area contributed by atoms with Crippen LogP contribution in [0.3, 0.4) is 0 Å². The zero-order valence-corrected chi connectivity index (χ0v) is 13.4. The molecule has 2 fully saturated rings. The van der Waals surface area contributed by atoms with Crippen molar-refractivity contribution in [1.82, 2.24) is 4.72 Å². The molecule has 0 heterocycles. The fourth-order valence-electron chi connectivity index (χ4n) is 3.64. The van der Waals surface area contributed by atoms with Crippen LogP contribution in [0.25, 0.3) is 0 Å². The highest BCUT2D eigenvalue weighted by Crippen LogP contribution is 2.44. The quantitative estimate of drug-likeness (QED) is 0.813. The molecule has 3 unspecified atom stereocenters. The molecule has 0 aromatic heterocycles. The molecule has 0 aliphatic heterocycles. The van der Waals surface area contributed by atoms with Crippen molar-refractivity contribution in [2.75, 3.05) is 0 Å². The number of hydrogen-bond donors (Lipinski definition) is 2. The molecule has 6 heteroatoms. The summed E-state index contributed by atoms with van der Waals surface area (Å²) < 4.78 is 27.8. The molecule has 1 aromatic carbocycles. The fourth-order valence-corrected chi connectivity index (χ4v) is 5.13. The summed E-state index contributed by atoms with van der Waals surface area (Å²) in [4.78, 5) is 0.725. The summed E-state index contributed by atoms with van der Waals surface area (Å²) in [6, 6.07) is 6.92. The van der Waals surface area contributed by atoms with Gasteiger partial charge in [0, 0.05) is 12.5 Å². The van der Waals surface area contributed by atoms with Crippen LogP contribution in [0.15, 0.2) is 29.2 Å². The molecule has 2 aliphatic carbocycles. The topological polar surface area (TPSA) is 72.2 Å². The van der Waals surface area contributed by atoms with E-state index in [-0.39, 0.29) is 6.04 Å². The average molecular weight is 324 g/mol. The Balaban J connectivity index is 1.71. The first-order valence-corrected chi connectivity index (χ1v) is 9.23. The van der Waals surface area contributed by atoms with Crippen LogP contribution < -0.4 is 10.5 Å². The minimum Gasteiger partial charge on any atom is -0.393 e. The van der Waals surface area contributed by atoms with Gasteiger partial charge in [0.2, 0.25) is 10.0 Å². The summed E-state index contributed by atoms with van der Waals surface area (Å²) in [6.45, 7) is 0. The molecule has 2 saturated carbocycles. The summed E-state index contributed by atoms with van der Waals surface area (Å²) in [5.41, 5.74) is 6.42. The second kappa shape index (κ2) is 5.66. The van der Waals surface area contributed by atoms with Gasteiger partial charge in [-0.15, -0.1) is 0 Å². The zero-order valence-electron chi connectivity index (χ0n) is 11.8. The summed E-state index contributed by atoms with van der Waals surface area (Å²) in [7, 11) is -3.43. The van der Waals surface area contributed by atoms with Gasteiger partial charge in [-0.3, -0.25) is 0 Å². The standard InChI is InChI=1S/C15H20N2O2S2/c16-15(20)9-10-2-5-13(6-3-10)21(18,19)17-14-8-11-1-4-12(14)7-11/h2-3,5-6,11-12,14,17H,1,4,7-9H2,(H2,16,20). The van der Waals surface area contributed by atoms with E-state index in [2.05, 4.69) is 4.72 Å². The van der Waals surface area contributed by atoms with Crippen LogP contribution >= 0.6 is 12.2 Å². The Morgan fingerprint density at radius 1 is 1.24 bits per heavy atom. The SMILES string of the molecule is NC(=S)Cc1ccc(S(=O)(=O)NC2CC3CCC2C3)cc1. The molecule has 21 heavy (non-hydrogen) atoms. The first-order chi connectivity index (χ1) is 9.94. The van der Waals surface area contributed by atoms with Gasteiger partial charge in [-0.2, -0.15) is 0 Å². The molecule has 0 radical (unpaired) electrons. The van der Waals surface area contributed by atoms with E-state index in [9.17, 15) is 8.42 Å². The third-order valence-corrected chi connectivity index (χ3v) is 6.31. The molecule has 0 spiro atoms. The summed E-state index contributed by atoms with van der Waals surface area (Å²) >= 11 is 4.86. The largest absolute Gasteiger partial charge is 0.393 e. The van der Waals surface area contributed by atoms with Crippen LogP contribution in [0, 0.1) is 11.8 Å². The van der Waals surface area contributed by atoms with Crippen molar-refractivity contribution in [3.05, 3.63) is 29.8 Å². The highest BCUT2D eigenvalue weighted by molar-refractivity contribution is 7.89. The number of sulfonamides is 1. The predicted molar refractivity (Wildman–Crippen MR) is 86.5 cm³/mol.